The number of β-amino-alcohol motifs (C(OH)–C–C–N with tert-alkyl or cyclic N) is 1. The number of likely N-dealkylation sites (N-methyl/N-ethyl adjacent to an activating group) is 1. The molecule has 14 heteroatoms. The van der Waals surface area contributed by atoms with Crippen molar-refractivity contribution in [3.63, 3.8) is 0 Å². The number of alkyl halides is 3. The van der Waals surface area contributed by atoms with Gasteiger partial charge in [0.25, 0.3) is 0 Å². The van der Waals surface area contributed by atoms with E-state index in [1.54, 1.807) is 4.90 Å². The third kappa shape index (κ3) is 6.37. The number of rotatable bonds is 7. The highest BCUT2D eigenvalue weighted by atomic mass is 19.4. The van der Waals surface area contributed by atoms with Crippen molar-refractivity contribution in [3.8, 4) is 12.1 Å². The van der Waals surface area contributed by atoms with Crippen LogP contribution in [-0.2, 0) is 23.9 Å². The van der Waals surface area contributed by atoms with E-state index in [1.807, 2.05) is 16.8 Å². The summed E-state index contributed by atoms with van der Waals surface area (Å²) in [7, 11) is 1.87. The average molecular weight is 604 g/mol. The van der Waals surface area contributed by atoms with Crippen LogP contribution in [0.4, 0.5) is 29.1 Å². The van der Waals surface area contributed by atoms with Crippen LogP contribution >= 0.6 is 0 Å². The van der Waals surface area contributed by atoms with Crippen molar-refractivity contribution in [1.29, 1.82) is 5.26 Å². The molecule has 0 bridgehead atoms. The van der Waals surface area contributed by atoms with Crippen molar-refractivity contribution < 1.29 is 32.2 Å². The number of nitriles is 1. The molecule has 43 heavy (non-hydrogen) atoms. The molecule has 2 saturated heterocycles. The topological polar surface area (TPSA) is 109 Å². The SMILES string of the molecule is C=CC(=O)N1CCN(c2nc(OC[C@H]3C[C@@H](O)CN3C)nc3c2CCN(c2cccc(F)c2C(F)(F)F)C3)CC1CC#N. The number of halogens is 4. The zero-order valence-electron chi connectivity index (χ0n) is 23.7. The molecule has 4 heterocycles. The van der Waals surface area contributed by atoms with Gasteiger partial charge in [0.2, 0.25) is 5.91 Å². The van der Waals surface area contributed by atoms with E-state index in [0.717, 1.165) is 11.6 Å². The number of ether oxygens (including phenoxy) is 1. The van der Waals surface area contributed by atoms with E-state index >= 15 is 0 Å². The molecule has 0 radical (unpaired) electrons. The predicted octanol–water partition coefficient (Wildman–Crippen LogP) is 2.76. The van der Waals surface area contributed by atoms with E-state index in [0.29, 0.717) is 44.1 Å². The fraction of sp³-hybridized carbons (Fsp3) is 0.517. The fourth-order valence-corrected chi connectivity index (χ4v) is 6.13. The van der Waals surface area contributed by atoms with Crippen molar-refractivity contribution in [2.75, 3.05) is 56.2 Å². The first kappa shape index (κ1) is 30.5. The fourth-order valence-electron chi connectivity index (χ4n) is 6.13. The van der Waals surface area contributed by atoms with Gasteiger partial charge in [-0.25, -0.2) is 4.39 Å². The van der Waals surface area contributed by atoms with E-state index in [4.69, 9.17) is 9.72 Å². The number of aromatic nitrogens is 2. The second-order valence-corrected chi connectivity index (χ2v) is 11.1. The van der Waals surface area contributed by atoms with Gasteiger partial charge in [-0.05, 0) is 38.1 Å². The van der Waals surface area contributed by atoms with Crippen molar-refractivity contribution in [1.82, 2.24) is 19.8 Å². The molecule has 1 amide bonds. The molecule has 3 aliphatic rings. The number of carbonyl (C=O) groups is 1. The highest BCUT2D eigenvalue weighted by Gasteiger charge is 2.40. The van der Waals surface area contributed by atoms with Crippen molar-refractivity contribution >= 4 is 17.4 Å². The summed E-state index contributed by atoms with van der Waals surface area (Å²) in [5.74, 6) is -1.09. The van der Waals surface area contributed by atoms with Gasteiger partial charge in [-0.1, -0.05) is 12.6 Å². The first-order valence-corrected chi connectivity index (χ1v) is 14.1. The molecule has 1 unspecified atom stereocenters. The van der Waals surface area contributed by atoms with Gasteiger partial charge >= 0.3 is 12.2 Å². The first-order valence-electron chi connectivity index (χ1n) is 14.1. The lowest BCUT2D eigenvalue weighted by Gasteiger charge is -2.42. The lowest BCUT2D eigenvalue weighted by atomic mass is 10.0. The van der Waals surface area contributed by atoms with E-state index in [9.17, 15) is 32.7 Å². The molecule has 3 aliphatic heterocycles. The second kappa shape index (κ2) is 12.3. The van der Waals surface area contributed by atoms with Gasteiger partial charge in [0.1, 0.15) is 23.8 Å². The number of hydrogen-bond donors (Lipinski definition) is 1. The molecule has 3 atom stereocenters. The Morgan fingerprint density at radius 1 is 1.21 bits per heavy atom. The Morgan fingerprint density at radius 2 is 2.00 bits per heavy atom. The summed E-state index contributed by atoms with van der Waals surface area (Å²) in [4.78, 5) is 28.7. The van der Waals surface area contributed by atoms with Gasteiger partial charge in [0.05, 0.1) is 42.6 Å². The number of aliphatic hydroxyl groups is 1. The smallest absolute Gasteiger partial charge is 0.421 e. The number of anilines is 2. The standard InChI is InChI=1S/C29H33F4N7O3/c1-3-25(42)40-12-11-39(14-18(40)7-9-34)27-21-8-10-38(24-6-4-5-22(30)26(24)29(31,32)33)16-23(21)35-28(36-27)43-17-19-13-20(41)15-37(19)2/h3-6,18-20,41H,1,7-8,10-17H2,2H3/t18?,19-,20-/m1/s1. The molecule has 2 aromatic rings. The summed E-state index contributed by atoms with van der Waals surface area (Å²) >= 11 is 0. The number of piperazine rings is 1. The van der Waals surface area contributed by atoms with E-state index in [-0.39, 0.29) is 56.2 Å². The quantitative estimate of drug-likeness (QED) is 0.378. The molecule has 10 nitrogen and oxygen atoms in total. The van der Waals surface area contributed by atoms with Crippen LogP contribution in [0.25, 0.3) is 0 Å². The molecule has 0 spiro atoms. The molecule has 0 aliphatic carbocycles. The maximum Gasteiger partial charge on any atom is 0.421 e. The molecular weight excluding hydrogens is 570 g/mol. The number of amides is 1. The van der Waals surface area contributed by atoms with Crippen LogP contribution in [-0.4, -0.2) is 95.3 Å². The van der Waals surface area contributed by atoms with Crippen LogP contribution in [0.15, 0.2) is 30.9 Å². The summed E-state index contributed by atoms with van der Waals surface area (Å²) in [5.41, 5.74) is -0.423. The summed E-state index contributed by atoms with van der Waals surface area (Å²) in [6.45, 7) is 5.40. The molecule has 0 saturated carbocycles. The van der Waals surface area contributed by atoms with Crippen LogP contribution in [0.5, 0.6) is 6.01 Å². The van der Waals surface area contributed by atoms with Gasteiger partial charge in [-0.2, -0.15) is 28.4 Å². The Labute approximate surface area is 246 Å². The van der Waals surface area contributed by atoms with Gasteiger partial charge in [0, 0.05) is 44.3 Å². The van der Waals surface area contributed by atoms with E-state index in [1.165, 1.54) is 23.1 Å². The van der Waals surface area contributed by atoms with Gasteiger partial charge in [-0.15, -0.1) is 0 Å². The minimum Gasteiger partial charge on any atom is -0.462 e. The van der Waals surface area contributed by atoms with Crippen LogP contribution in [0.1, 0.15) is 29.7 Å². The minimum atomic E-state index is -4.89. The highest BCUT2D eigenvalue weighted by molar-refractivity contribution is 5.87. The Balaban J connectivity index is 1.49. The van der Waals surface area contributed by atoms with Crippen molar-refractivity contribution in [2.45, 2.75) is 50.2 Å². The predicted molar refractivity (Wildman–Crippen MR) is 149 cm³/mol. The Hall–Kier alpha value is -3.96. The summed E-state index contributed by atoms with van der Waals surface area (Å²) in [5, 5.41) is 19.4. The zero-order valence-corrected chi connectivity index (χ0v) is 23.7. The minimum absolute atomic E-state index is 0.0297. The largest absolute Gasteiger partial charge is 0.462 e. The van der Waals surface area contributed by atoms with Crippen molar-refractivity contribution in [2.24, 2.45) is 0 Å². The summed E-state index contributed by atoms with van der Waals surface area (Å²) < 4.78 is 62.0. The van der Waals surface area contributed by atoms with E-state index in [2.05, 4.69) is 17.6 Å². The number of aliphatic hydroxyl groups excluding tert-OH is 1. The van der Waals surface area contributed by atoms with Crippen molar-refractivity contribution in [3.05, 3.63) is 53.5 Å². The zero-order chi connectivity index (χ0) is 30.9. The number of nitrogens with zero attached hydrogens (tertiary/aromatic N) is 7. The maximum absolute atomic E-state index is 14.4. The number of benzene rings is 1. The average Bonchev–Trinajstić information content (AvgIpc) is 3.30. The lowest BCUT2D eigenvalue weighted by molar-refractivity contribution is -0.139. The first-order chi connectivity index (χ1) is 20.5. The monoisotopic (exact) mass is 603 g/mol. The Bertz CT molecular complexity index is 1420. The maximum atomic E-state index is 14.4. The van der Waals surface area contributed by atoms with Crippen LogP contribution in [0, 0.1) is 17.1 Å². The van der Waals surface area contributed by atoms with E-state index < -0.39 is 29.7 Å². The molecule has 1 N–H and O–H groups in total. The van der Waals surface area contributed by atoms with Crippen LogP contribution in [0.2, 0.25) is 0 Å². The number of hydrogen-bond acceptors (Lipinski definition) is 9. The van der Waals surface area contributed by atoms with Crippen LogP contribution in [0.3, 0.4) is 0 Å². The molecule has 2 fully saturated rings. The summed E-state index contributed by atoms with van der Waals surface area (Å²) in [6, 6.07) is 4.95. The number of fused-ring (bicyclic) bond motifs is 1. The van der Waals surface area contributed by atoms with Crippen LogP contribution < -0.4 is 14.5 Å². The molecule has 230 valence electrons. The summed E-state index contributed by atoms with van der Waals surface area (Å²) in [6.07, 6.45) is -3.26. The normalized spacial score (nSPS) is 22.7. The molecule has 5 rings (SSSR count). The Kier molecular flexibility index (Phi) is 8.75. The highest BCUT2D eigenvalue weighted by Crippen LogP contribution is 2.40. The second-order valence-electron chi connectivity index (χ2n) is 11.1. The molecular formula is C29H33F4N7O3. The third-order valence-corrected chi connectivity index (χ3v) is 8.28. The van der Waals surface area contributed by atoms with Gasteiger partial charge < -0.3 is 24.5 Å². The number of carbonyl (C=O) groups excluding carboxylic acids is 1. The van der Waals surface area contributed by atoms with Gasteiger partial charge in [-0.3, -0.25) is 9.69 Å². The third-order valence-electron chi connectivity index (χ3n) is 8.28. The number of likely N-dealkylation sites (tertiary alicyclic amines) is 1. The molecule has 1 aromatic carbocycles. The van der Waals surface area contributed by atoms with Gasteiger partial charge in [0.15, 0.2) is 0 Å². The Morgan fingerprint density at radius 3 is 2.67 bits per heavy atom. The molecule has 1 aromatic heterocycles. The lowest BCUT2D eigenvalue weighted by Crippen LogP contribution is -2.55.